The number of hydrogen-bond donors (Lipinski definition) is 1. The summed E-state index contributed by atoms with van der Waals surface area (Å²) in [6.07, 6.45) is 3.96. The maximum absolute atomic E-state index is 5.87. The highest BCUT2D eigenvalue weighted by Gasteiger charge is 2.21. The lowest BCUT2D eigenvalue weighted by molar-refractivity contribution is 0.266. The molecule has 0 aromatic heterocycles. The highest BCUT2D eigenvalue weighted by molar-refractivity contribution is 4.77. The second-order valence-corrected chi connectivity index (χ2v) is 3.56. The van der Waals surface area contributed by atoms with E-state index in [0.29, 0.717) is 6.04 Å². The van der Waals surface area contributed by atoms with Gasteiger partial charge in [-0.15, -0.1) is 0 Å². The predicted octanol–water partition coefficient (Wildman–Crippen LogP) is 1.77. The van der Waals surface area contributed by atoms with Crippen molar-refractivity contribution in [3.05, 3.63) is 0 Å². The summed E-state index contributed by atoms with van der Waals surface area (Å²) in [4.78, 5) is 0. The standard InChI is InChI=1S/C8H17N/c1-6-3-4-7(2)8(9)5-6/h6-8H,3-5,9H2,1-2H3/t6?,7?,8-/m1/s1. The first-order chi connectivity index (χ1) is 4.20. The van der Waals surface area contributed by atoms with Gasteiger partial charge in [0, 0.05) is 6.04 Å². The first-order valence-corrected chi connectivity index (χ1v) is 3.95. The summed E-state index contributed by atoms with van der Waals surface area (Å²) in [5, 5.41) is 0. The smallest absolute Gasteiger partial charge is 0.00670 e. The molecule has 1 rings (SSSR count). The molecule has 1 fully saturated rings. The molecule has 2 N–H and O–H groups in total. The Balaban J connectivity index is 2.35. The average molecular weight is 127 g/mol. The molecule has 2 unspecified atom stereocenters. The van der Waals surface area contributed by atoms with Gasteiger partial charge < -0.3 is 5.73 Å². The maximum Gasteiger partial charge on any atom is 0.00670 e. The lowest BCUT2D eigenvalue weighted by atomic mass is 9.81. The van der Waals surface area contributed by atoms with Gasteiger partial charge in [0.05, 0.1) is 0 Å². The van der Waals surface area contributed by atoms with E-state index in [9.17, 15) is 0 Å². The van der Waals surface area contributed by atoms with Crippen molar-refractivity contribution >= 4 is 0 Å². The minimum absolute atomic E-state index is 0.480. The largest absolute Gasteiger partial charge is 0.327 e. The van der Waals surface area contributed by atoms with Crippen molar-refractivity contribution in [2.24, 2.45) is 17.6 Å². The Hall–Kier alpha value is -0.0400. The minimum atomic E-state index is 0.480. The number of nitrogens with two attached hydrogens (primary N) is 1. The van der Waals surface area contributed by atoms with E-state index in [0.717, 1.165) is 11.8 Å². The van der Waals surface area contributed by atoms with Crippen LogP contribution in [0.25, 0.3) is 0 Å². The fraction of sp³-hybridized carbons (Fsp3) is 1.00. The minimum Gasteiger partial charge on any atom is -0.327 e. The van der Waals surface area contributed by atoms with Gasteiger partial charge in [0.1, 0.15) is 0 Å². The van der Waals surface area contributed by atoms with Crippen molar-refractivity contribution < 1.29 is 0 Å². The molecular formula is C8H17N. The molecule has 9 heavy (non-hydrogen) atoms. The molecule has 0 amide bonds. The van der Waals surface area contributed by atoms with Gasteiger partial charge in [0.25, 0.3) is 0 Å². The van der Waals surface area contributed by atoms with Crippen LogP contribution in [-0.2, 0) is 0 Å². The van der Waals surface area contributed by atoms with E-state index in [2.05, 4.69) is 13.8 Å². The molecular weight excluding hydrogens is 110 g/mol. The molecule has 1 saturated carbocycles. The molecule has 0 heterocycles. The zero-order valence-electron chi connectivity index (χ0n) is 6.43. The third kappa shape index (κ3) is 1.68. The van der Waals surface area contributed by atoms with Crippen LogP contribution in [0.3, 0.4) is 0 Å². The molecule has 0 aliphatic heterocycles. The molecule has 0 aromatic rings. The van der Waals surface area contributed by atoms with Crippen LogP contribution >= 0.6 is 0 Å². The molecule has 1 aliphatic carbocycles. The molecule has 1 aliphatic rings. The first-order valence-electron chi connectivity index (χ1n) is 3.95. The van der Waals surface area contributed by atoms with Gasteiger partial charge in [-0.25, -0.2) is 0 Å². The van der Waals surface area contributed by atoms with Gasteiger partial charge in [-0.2, -0.15) is 0 Å². The van der Waals surface area contributed by atoms with Crippen LogP contribution in [0.5, 0.6) is 0 Å². The summed E-state index contributed by atoms with van der Waals surface area (Å²) in [5.41, 5.74) is 5.87. The van der Waals surface area contributed by atoms with Crippen LogP contribution < -0.4 is 5.73 Å². The van der Waals surface area contributed by atoms with Crippen LogP contribution in [-0.4, -0.2) is 6.04 Å². The van der Waals surface area contributed by atoms with Gasteiger partial charge in [-0.05, 0) is 24.7 Å². The van der Waals surface area contributed by atoms with E-state index in [1.54, 1.807) is 0 Å². The van der Waals surface area contributed by atoms with Crippen molar-refractivity contribution in [1.29, 1.82) is 0 Å². The lowest BCUT2D eigenvalue weighted by Crippen LogP contribution is -2.34. The molecule has 1 nitrogen and oxygen atoms in total. The summed E-state index contributed by atoms with van der Waals surface area (Å²) < 4.78 is 0. The average Bonchev–Trinajstić information content (AvgIpc) is 1.80. The quantitative estimate of drug-likeness (QED) is 0.527. The highest BCUT2D eigenvalue weighted by atomic mass is 14.7. The summed E-state index contributed by atoms with van der Waals surface area (Å²) in [7, 11) is 0. The second kappa shape index (κ2) is 2.70. The lowest BCUT2D eigenvalue weighted by Gasteiger charge is -2.29. The zero-order valence-corrected chi connectivity index (χ0v) is 6.43. The van der Waals surface area contributed by atoms with Crippen molar-refractivity contribution in [3.63, 3.8) is 0 Å². The number of rotatable bonds is 0. The van der Waals surface area contributed by atoms with Gasteiger partial charge >= 0.3 is 0 Å². The molecule has 0 spiro atoms. The normalized spacial score (nSPS) is 45.0. The molecule has 0 radical (unpaired) electrons. The zero-order chi connectivity index (χ0) is 6.85. The van der Waals surface area contributed by atoms with E-state index in [4.69, 9.17) is 5.73 Å². The molecule has 0 aromatic carbocycles. The van der Waals surface area contributed by atoms with Crippen LogP contribution in [0, 0.1) is 11.8 Å². The summed E-state index contributed by atoms with van der Waals surface area (Å²) in [6.45, 7) is 4.56. The van der Waals surface area contributed by atoms with Crippen LogP contribution in [0.15, 0.2) is 0 Å². The third-order valence-corrected chi connectivity index (χ3v) is 2.52. The first kappa shape index (κ1) is 7.07. The van der Waals surface area contributed by atoms with Crippen molar-refractivity contribution in [2.45, 2.75) is 39.2 Å². The molecule has 3 atom stereocenters. The third-order valence-electron chi connectivity index (χ3n) is 2.52. The van der Waals surface area contributed by atoms with Gasteiger partial charge in [-0.1, -0.05) is 20.3 Å². The van der Waals surface area contributed by atoms with Gasteiger partial charge in [-0.3, -0.25) is 0 Å². The molecule has 54 valence electrons. The monoisotopic (exact) mass is 127 g/mol. The Morgan fingerprint density at radius 1 is 1.22 bits per heavy atom. The molecule has 1 heteroatoms. The summed E-state index contributed by atoms with van der Waals surface area (Å²) in [5.74, 6) is 1.64. The van der Waals surface area contributed by atoms with Crippen molar-refractivity contribution in [3.8, 4) is 0 Å². The SMILES string of the molecule is CC1CCC(C)[C@H](N)C1. The van der Waals surface area contributed by atoms with Gasteiger partial charge in [0.15, 0.2) is 0 Å². The van der Waals surface area contributed by atoms with Crippen LogP contribution in [0.2, 0.25) is 0 Å². The summed E-state index contributed by atoms with van der Waals surface area (Å²) in [6, 6.07) is 0.480. The van der Waals surface area contributed by atoms with E-state index in [-0.39, 0.29) is 0 Å². The Morgan fingerprint density at radius 2 is 1.89 bits per heavy atom. The fourth-order valence-electron chi connectivity index (χ4n) is 1.58. The Bertz CT molecular complexity index is 90.6. The van der Waals surface area contributed by atoms with E-state index in [1.165, 1.54) is 19.3 Å². The van der Waals surface area contributed by atoms with Crippen molar-refractivity contribution in [2.75, 3.05) is 0 Å². The van der Waals surface area contributed by atoms with E-state index >= 15 is 0 Å². The number of hydrogen-bond acceptors (Lipinski definition) is 1. The Kier molecular flexibility index (Phi) is 2.12. The second-order valence-electron chi connectivity index (χ2n) is 3.56. The Labute approximate surface area is 57.6 Å². The maximum atomic E-state index is 5.87. The summed E-state index contributed by atoms with van der Waals surface area (Å²) >= 11 is 0. The molecule has 0 bridgehead atoms. The van der Waals surface area contributed by atoms with Crippen LogP contribution in [0.4, 0.5) is 0 Å². The topological polar surface area (TPSA) is 26.0 Å². The highest BCUT2D eigenvalue weighted by Crippen LogP contribution is 2.26. The van der Waals surface area contributed by atoms with Crippen molar-refractivity contribution in [1.82, 2.24) is 0 Å². The van der Waals surface area contributed by atoms with Crippen LogP contribution in [0.1, 0.15) is 33.1 Å². The van der Waals surface area contributed by atoms with E-state index in [1.807, 2.05) is 0 Å². The molecule has 0 saturated heterocycles. The van der Waals surface area contributed by atoms with E-state index < -0.39 is 0 Å². The Morgan fingerprint density at radius 3 is 2.33 bits per heavy atom. The fourth-order valence-corrected chi connectivity index (χ4v) is 1.58. The predicted molar refractivity (Wildman–Crippen MR) is 40.2 cm³/mol. The van der Waals surface area contributed by atoms with Gasteiger partial charge in [0.2, 0.25) is 0 Å².